The van der Waals surface area contributed by atoms with Gasteiger partial charge in [0.1, 0.15) is 19.1 Å². The Morgan fingerprint density at radius 3 is 2.36 bits per heavy atom. The lowest BCUT2D eigenvalue weighted by atomic mass is 9.81. The summed E-state index contributed by atoms with van der Waals surface area (Å²) in [4.78, 5) is 19.3. The smallest absolute Gasteiger partial charge is 0.387 e. The fourth-order valence-electron chi connectivity index (χ4n) is 4.28. The lowest BCUT2D eigenvalue weighted by Crippen LogP contribution is -2.32. The van der Waals surface area contributed by atoms with Crippen LogP contribution >= 0.6 is 11.6 Å². The number of ether oxygens (including phenoxy) is 2. The van der Waals surface area contributed by atoms with Gasteiger partial charge in [0.2, 0.25) is 5.90 Å². The van der Waals surface area contributed by atoms with E-state index in [4.69, 9.17) is 21.1 Å². The Kier molecular flexibility index (Phi) is 22.2. The number of aldehydes is 1. The summed E-state index contributed by atoms with van der Waals surface area (Å²) >= 11 is 6.01. The van der Waals surface area contributed by atoms with Crippen LogP contribution in [0, 0.1) is 11.8 Å². The number of benzene rings is 2. The Balaban J connectivity index is 0.00000130. The minimum atomic E-state index is -2.96. The second kappa shape index (κ2) is 24.5. The first-order chi connectivity index (χ1) is 21.3. The number of alkyl halides is 2. The number of hydrogen-bond acceptors (Lipinski definition) is 9. The third kappa shape index (κ3) is 15.5. The molecule has 44 heavy (non-hydrogen) atoms. The maximum Gasteiger partial charge on any atom is 0.387 e. The minimum absolute atomic E-state index is 0.00545. The highest BCUT2D eigenvalue weighted by molar-refractivity contribution is 6.30. The van der Waals surface area contributed by atoms with Crippen molar-refractivity contribution in [2.24, 2.45) is 22.0 Å². The fourth-order valence-corrected chi connectivity index (χ4v) is 4.47. The molecule has 0 unspecified atom stereocenters. The molecular formula is C32H46ClF2N5O4. The molecule has 3 N–H and O–H groups in total. The highest BCUT2D eigenvalue weighted by atomic mass is 35.5. The fraction of sp³-hybridized carbons (Fsp3) is 0.438. The van der Waals surface area contributed by atoms with Crippen LogP contribution in [0.15, 0.2) is 70.1 Å². The van der Waals surface area contributed by atoms with Crippen molar-refractivity contribution in [3.8, 4) is 5.75 Å². The van der Waals surface area contributed by atoms with Crippen molar-refractivity contribution >= 4 is 43.0 Å². The second-order valence-electron chi connectivity index (χ2n) is 9.13. The molecular weight excluding hydrogens is 592 g/mol. The molecule has 2 aromatic rings. The quantitative estimate of drug-likeness (QED) is 0.0749. The molecule has 2 aromatic carbocycles. The van der Waals surface area contributed by atoms with Crippen LogP contribution in [0.5, 0.6) is 5.75 Å². The molecule has 3 rings (SSSR count). The van der Waals surface area contributed by atoms with Gasteiger partial charge in [0.15, 0.2) is 6.29 Å². The van der Waals surface area contributed by atoms with Gasteiger partial charge >= 0.3 is 6.61 Å². The van der Waals surface area contributed by atoms with E-state index in [0.717, 1.165) is 43.4 Å². The summed E-state index contributed by atoms with van der Waals surface area (Å²) in [5, 5.41) is 17.2. The molecule has 0 spiro atoms. The van der Waals surface area contributed by atoms with Crippen LogP contribution in [0.1, 0.15) is 52.0 Å². The summed E-state index contributed by atoms with van der Waals surface area (Å²) in [5.74, 6) is 0.684. The van der Waals surface area contributed by atoms with Crippen LogP contribution in [0.2, 0.25) is 5.02 Å². The molecule has 1 fully saturated rings. The molecule has 1 saturated carbocycles. The van der Waals surface area contributed by atoms with E-state index in [1.807, 2.05) is 64.9 Å². The molecule has 0 radical (unpaired) electrons. The Morgan fingerprint density at radius 2 is 1.82 bits per heavy atom. The van der Waals surface area contributed by atoms with Crippen molar-refractivity contribution in [2.75, 3.05) is 26.0 Å². The van der Waals surface area contributed by atoms with E-state index in [1.54, 1.807) is 7.05 Å². The molecule has 244 valence electrons. The zero-order valence-electron chi connectivity index (χ0n) is 26.2. The number of para-hydroxylation sites is 1. The highest BCUT2D eigenvalue weighted by Crippen LogP contribution is 2.32. The average Bonchev–Trinajstić information content (AvgIpc) is 3.06. The summed E-state index contributed by atoms with van der Waals surface area (Å²) in [5.41, 5.74) is 2.84. The normalized spacial score (nSPS) is 16.2. The minimum Gasteiger partial charge on any atom is -0.474 e. The summed E-state index contributed by atoms with van der Waals surface area (Å²) in [7, 11) is 3.67. The van der Waals surface area contributed by atoms with E-state index in [9.17, 15) is 13.6 Å². The number of hydrogen-bond donors (Lipinski definition) is 3. The monoisotopic (exact) mass is 637 g/mol. The predicted molar refractivity (Wildman–Crippen MR) is 176 cm³/mol. The Labute approximate surface area is 265 Å². The van der Waals surface area contributed by atoms with E-state index in [2.05, 4.69) is 37.6 Å². The summed E-state index contributed by atoms with van der Waals surface area (Å²) in [6, 6.07) is 14.4. The maximum atomic E-state index is 12.7. The van der Waals surface area contributed by atoms with Crippen LogP contribution in [0.4, 0.5) is 14.5 Å². The number of anilines is 1. The standard InChI is InChI=1S/C22H29ClF2N4O3.C7H9N.C2H6.CH2O/c1-14(26-2)19(12-30)28-11-15-5-4-6-16(9-15)21(29-27-3)31-13-17-10-18(23)7-8-20(17)32-22(24)25;1-8-7-5-3-2-4-6-7;2*1-2/h7-8,10,12,15-16,22,26,28H,3-6,9,11,13H2,1-2H3;2-6,8H,1H3;1-2H3;1H2/b19-14+,29-21-;;;/t15-,16+;;;/m1.../s1. The Bertz CT molecular complexity index is 1150. The molecule has 0 aromatic heterocycles. The number of rotatable bonds is 12. The van der Waals surface area contributed by atoms with Crippen molar-refractivity contribution in [2.45, 2.75) is 59.7 Å². The number of allylic oxidation sites excluding steroid dienone is 2. The van der Waals surface area contributed by atoms with Crippen molar-refractivity contribution < 1.29 is 27.8 Å². The first kappa shape index (κ1) is 40.0. The average molecular weight is 638 g/mol. The van der Waals surface area contributed by atoms with Crippen molar-refractivity contribution in [3.63, 3.8) is 0 Å². The van der Waals surface area contributed by atoms with Crippen LogP contribution in [-0.4, -0.2) is 52.9 Å². The van der Waals surface area contributed by atoms with Gasteiger partial charge in [-0.3, -0.25) is 4.79 Å². The van der Waals surface area contributed by atoms with Crippen LogP contribution in [0.3, 0.4) is 0 Å². The lowest BCUT2D eigenvalue weighted by molar-refractivity contribution is -0.105. The first-order valence-corrected chi connectivity index (χ1v) is 14.7. The van der Waals surface area contributed by atoms with Gasteiger partial charge in [-0.05, 0) is 62.4 Å². The molecule has 0 bridgehead atoms. The summed E-state index contributed by atoms with van der Waals surface area (Å²) in [6.45, 7) is 8.88. The molecule has 0 aliphatic heterocycles. The van der Waals surface area contributed by atoms with E-state index in [1.165, 1.54) is 18.2 Å². The van der Waals surface area contributed by atoms with Crippen molar-refractivity contribution in [1.82, 2.24) is 10.6 Å². The molecule has 12 heteroatoms. The molecule has 9 nitrogen and oxygen atoms in total. The van der Waals surface area contributed by atoms with E-state index in [-0.39, 0.29) is 18.3 Å². The predicted octanol–water partition coefficient (Wildman–Crippen LogP) is 7.09. The SMILES string of the molecule is C=N/N=C(\OCc1cc(Cl)ccc1OC(F)F)[C@H]1CCC[C@@H](CN/C(C=O)=C(\C)NC)C1.C=O.CC.CNc1ccccc1. The van der Waals surface area contributed by atoms with E-state index in [0.29, 0.717) is 34.6 Å². The zero-order chi connectivity index (χ0) is 33.3. The van der Waals surface area contributed by atoms with Gasteiger partial charge in [0, 0.05) is 55.2 Å². The van der Waals surface area contributed by atoms with Gasteiger partial charge in [-0.25, -0.2) is 0 Å². The highest BCUT2D eigenvalue weighted by Gasteiger charge is 2.28. The van der Waals surface area contributed by atoms with Crippen molar-refractivity contribution in [1.29, 1.82) is 0 Å². The molecule has 0 heterocycles. The van der Waals surface area contributed by atoms with Crippen LogP contribution in [0.25, 0.3) is 0 Å². The molecule has 2 atom stereocenters. The van der Waals surface area contributed by atoms with Crippen molar-refractivity contribution in [3.05, 3.63) is 70.5 Å². The Morgan fingerprint density at radius 1 is 1.14 bits per heavy atom. The number of nitrogens with one attached hydrogen (secondary N) is 3. The van der Waals surface area contributed by atoms with Gasteiger partial charge in [-0.2, -0.15) is 13.9 Å². The van der Waals surface area contributed by atoms with Crippen LogP contribution < -0.4 is 20.7 Å². The van der Waals surface area contributed by atoms with Gasteiger partial charge in [0.25, 0.3) is 0 Å². The summed E-state index contributed by atoms with van der Waals surface area (Å²) in [6.07, 6.45) is 4.39. The Hall–Kier alpha value is -3.99. The third-order valence-electron chi connectivity index (χ3n) is 6.46. The third-order valence-corrected chi connectivity index (χ3v) is 6.69. The molecule has 1 aliphatic carbocycles. The lowest BCUT2D eigenvalue weighted by Gasteiger charge is -2.30. The van der Waals surface area contributed by atoms with Crippen LogP contribution in [-0.2, 0) is 20.9 Å². The van der Waals surface area contributed by atoms with Gasteiger partial charge < -0.3 is 30.2 Å². The first-order valence-electron chi connectivity index (χ1n) is 14.3. The number of carbonyl (C=O) groups is 2. The van der Waals surface area contributed by atoms with E-state index >= 15 is 0 Å². The molecule has 1 aliphatic rings. The number of nitrogens with zero attached hydrogens (tertiary/aromatic N) is 2. The topological polar surface area (TPSA) is 113 Å². The van der Waals surface area contributed by atoms with Gasteiger partial charge in [0.05, 0.1) is 5.70 Å². The second-order valence-corrected chi connectivity index (χ2v) is 9.57. The van der Waals surface area contributed by atoms with Gasteiger partial charge in [-0.1, -0.05) is 50.1 Å². The largest absolute Gasteiger partial charge is 0.474 e. The zero-order valence-corrected chi connectivity index (χ0v) is 27.0. The number of halogens is 3. The van der Waals surface area contributed by atoms with E-state index < -0.39 is 6.61 Å². The maximum absolute atomic E-state index is 12.7. The van der Waals surface area contributed by atoms with Gasteiger partial charge in [-0.15, -0.1) is 5.10 Å². The number of carbonyl (C=O) groups excluding carboxylic acids is 2. The summed E-state index contributed by atoms with van der Waals surface area (Å²) < 4.78 is 35.8. The molecule has 0 saturated heterocycles. The molecule has 0 amide bonds.